The number of rotatable bonds is 2. The molecule has 0 saturated carbocycles. The fourth-order valence-electron chi connectivity index (χ4n) is 1.84. The maximum atomic E-state index is 11.7. The van der Waals surface area contributed by atoms with Crippen molar-refractivity contribution in [1.82, 2.24) is 10.6 Å². The van der Waals surface area contributed by atoms with Gasteiger partial charge in [-0.05, 0) is 6.92 Å². The van der Waals surface area contributed by atoms with Crippen LogP contribution in [0, 0.1) is 0 Å². The van der Waals surface area contributed by atoms with Gasteiger partial charge in [0.25, 0.3) is 11.6 Å². The summed E-state index contributed by atoms with van der Waals surface area (Å²) in [6.07, 6.45) is -2.20. The number of hydrogen-bond acceptors (Lipinski definition) is 8. The number of carbonyl (C=O) groups excluding carboxylic acids is 1. The monoisotopic (exact) mass is 257 g/mol. The fraction of sp³-hybridized carbons (Fsp3) is 0.667. The van der Waals surface area contributed by atoms with Gasteiger partial charge in [0.1, 0.15) is 0 Å². The summed E-state index contributed by atoms with van der Waals surface area (Å²) < 4.78 is 0. The number of aliphatic hydroxyl groups excluding tert-OH is 2. The van der Waals surface area contributed by atoms with Gasteiger partial charge >= 0.3 is 0 Å². The zero-order valence-corrected chi connectivity index (χ0v) is 9.66. The lowest BCUT2D eigenvalue weighted by Crippen LogP contribution is -2.72. The number of carbonyl (C=O) groups is 1. The Morgan fingerprint density at radius 3 is 2.83 bits per heavy atom. The van der Waals surface area contributed by atoms with Crippen LogP contribution in [0.2, 0.25) is 0 Å². The van der Waals surface area contributed by atoms with Crippen LogP contribution in [0.3, 0.4) is 0 Å². The van der Waals surface area contributed by atoms with E-state index in [1.165, 1.54) is 6.92 Å². The fourth-order valence-corrected chi connectivity index (χ4v) is 1.84. The van der Waals surface area contributed by atoms with Crippen molar-refractivity contribution >= 4 is 17.7 Å². The Labute approximate surface area is 102 Å². The van der Waals surface area contributed by atoms with Crippen molar-refractivity contribution in [3.63, 3.8) is 0 Å². The number of fused-ring (bicyclic) bond motifs is 1. The Bertz CT molecular complexity index is 435. The molecule has 0 aromatic rings. The molecule has 0 aromatic heterocycles. The van der Waals surface area contributed by atoms with Crippen LogP contribution in [0.1, 0.15) is 6.92 Å². The highest BCUT2D eigenvalue weighted by Crippen LogP contribution is 2.17. The Morgan fingerprint density at radius 2 is 2.22 bits per heavy atom. The minimum absolute atomic E-state index is 0.0633. The van der Waals surface area contributed by atoms with E-state index in [1.807, 2.05) is 0 Å². The average Bonchev–Trinajstić information content (AvgIpc) is 2.29. The van der Waals surface area contributed by atoms with Gasteiger partial charge in [0.15, 0.2) is 5.84 Å². The molecule has 0 bridgehead atoms. The molecule has 9 nitrogen and oxygen atoms in total. The van der Waals surface area contributed by atoms with Gasteiger partial charge in [0, 0.05) is 0 Å². The first-order chi connectivity index (χ1) is 8.34. The molecule has 2 heterocycles. The van der Waals surface area contributed by atoms with E-state index in [-0.39, 0.29) is 18.3 Å². The zero-order valence-electron chi connectivity index (χ0n) is 9.66. The molecule has 18 heavy (non-hydrogen) atoms. The van der Waals surface area contributed by atoms with E-state index in [2.05, 4.69) is 20.6 Å². The van der Waals surface area contributed by atoms with Crippen LogP contribution in [-0.4, -0.2) is 63.5 Å². The molecular formula is C9H15N5O4. The first-order valence-corrected chi connectivity index (χ1v) is 5.41. The number of amides is 1. The van der Waals surface area contributed by atoms with Gasteiger partial charge in [-0.1, -0.05) is 0 Å². The lowest BCUT2D eigenvalue weighted by Gasteiger charge is -2.38. The molecule has 0 spiro atoms. The van der Waals surface area contributed by atoms with Gasteiger partial charge in [0.2, 0.25) is 5.96 Å². The number of nitrogens with zero attached hydrogens (tertiary/aromatic N) is 2. The van der Waals surface area contributed by atoms with Gasteiger partial charge in [-0.3, -0.25) is 20.4 Å². The third-order valence-corrected chi connectivity index (χ3v) is 2.86. The maximum absolute atomic E-state index is 11.7. The van der Waals surface area contributed by atoms with Crippen LogP contribution >= 0.6 is 0 Å². The van der Waals surface area contributed by atoms with E-state index in [1.54, 1.807) is 0 Å². The highest BCUT2D eigenvalue weighted by atomic mass is 16.3. The lowest BCUT2D eigenvalue weighted by atomic mass is 10.00. The molecule has 4 atom stereocenters. The van der Waals surface area contributed by atoms with Gasteiger partial charge in [-0.15, -0.1) is 0 Å². The van der Waals surface area contributed by atoms with Gasteiger partial charge in [0.05, 0.1) is 24.8 Å². The molecule has 0 fully saturated rings. The predicted molar refractivity (Wildman–Crippen MR) is 61.6 cm³/mol. The summed E-state index contributed by atoms with van der Waals surface area (Å²) in [5.41, 5.74) is 3.21. The molecule has 0 saturated heterocycles. The number of nitrogens with one attached hydrogen (secondary N) is 2. The minimum atomic E-state index is -2.14. The molecular weight excluding hydrogens is 242 g/mol. The molecule has 9 heteroatoms. The largest absolute Gasteiger partial charge is 0.391 e. The van der Waals surface area contributed by atoms with E-state index in [4.69, 9.17) is 5.73 Å². The highest BCUT2D eigenvalue weighted by Gasteiger charge is 2.50. The minimum Gasteiger partial charge on any atom is -0.391 e. The topological polar surface area (TPSA) is 153 Å². The molecule has 0 aliphatic carbocycles. The van der Waals surface area contributed by atoms with Crippen molar-refractivity contribution in [2.75, 3.05) is 6.54 Å². The standard InChI is InChI=1S/C9H15N5O4/c1-3(15)5(16)4-2-11-6-9(18,14-4)7(17)13-8(10)12-6/h3-5,14-16,18H,2H2,1H3,(H3,10,11,12,13,17)/t3-,4-,5-,9?/m1/s1. The summed E-state index contributed by atoms with van der Waals surface area (Å²) in [5, 5.41) is 33.9. The number of guanidine groups is 1. The number of hydrogen-bond donors (Lipinski definition) is 6. The summed E-state index contributed by atoms with van der Waals surface area (Å²) >= 11 is 0. The van der Waals surface area contributed by atoms with Crippen molar-refractivity contribution in [3.05, 3.63) is 0 Å². The Kier molecular flexibility index (Phi) is 3.07. The summed E-state index contributed by atoms with van der Waals surface area (Å²) in [7, 11) is 0. The van der Waals surface area contributed by atoms with E-state index >= 15 is 0 Å². The smallest absolute Gasteiger partial charge is 0.282 e. The summed E-state index contributed by atoms with van der Waals surface area (Å²) in [6, 6.07) is -0.765. The Hall–Kier alpha value is -1.55. The van der Waals surface area contributed by atoms with Crippen molar-refractivity contribution in [3.8, 4) is 0 Å². The van der Waals surface area contributed by atoms with E-state index in [0.717, 1.165) is 0 Å². The van der Waals surface area contributed by atoms with Gasteiger partial charge in [-0.2, -0.15) is 4.99 Å². The normalized spacial score (nSPS) is 34.9. The van der Waals surface area contributed by atoms with Crippen LogP contribution in [0.5, 0.6) is 0 Å². The number of aliphatic hydroxyl groups is 3. The maximum Gasteiger partial charge on any atom is 0.282 e. The number of amidine groups is 1. The van der Waals surface area contributed by atoms with E-state index in [9.17, 15) is 20.1 Å². The molecule has 2 aliphatic heterocycles. The molecule has 100 valence electrons. The average molecular weight is 257 g/mol. The summed E-state index contributed by atoms with van der Waals surface area (Å²) in [5.74, 6) is -1.13. The first kappa shape index (κ1) is 12.9. The van der Waals surface area contributed by atoms with Crippen LogP contribution in [-0.2, 0) is 4.79 Å². The van der Waals surface area contributed by atoms with E-state index < -0.39 is 29.9 Å². The summed E-state index contributed by atoms with van der Waals surface area (Å²) in [4.78, 5) is 19.3. The second kappa shape index (κ2) is 4.28. The van der Waals surface area contributed by atoms with Gasteiger partial charge < -0.3 is 21.1 Å². The molecule has 2 aliphatic rings. The van der Waals surface area contributed by atoms with Crippen LogP contribution in [0.15, 0.2) is 9.98 Å². The number of aliphatic imine (C=N–C) groups is 2. The second-order valence-electron chi connectivity index (χ2n) is 4.31. The van der Waals surface area contributed by atoms with E-state index in [0.29, 0.717) is 0 Å². The van der Waals surface area contributed by atoms with Crippen molar-refractivity contribution in [1.29, 1.82) is 0 Å². The van der Waals surface area contributed by atoms with Crippen LogP contribution < -0.4 is 16.4 Å². The Morgan fingerprint density at radius 1 is 1.56 bits per heavy atom. The molecule has 0 radical (unpaired) electrons. The van der Waals surface area contributed by atoms with Crippen molar-refractivity contribution in [2.24, 2.45) is 15.7 Å². The first-order valence-electron chi connectivity index (χ1n) is 5.41. The molecule has 2 rings (SSSR count). The third-order valence-electron chi connectivity index (χ3n) is 2.86. The van der Waals surface area contributed by atoms with Gasteiger partial charge in [-0.25, -0.2) is 0 Å². The number of nitrogens with two attached hydrogens (primary N) is 1. The summed E-state index contributed by atoms with van der Waals surface area (Å²) in [6.45, 7) is 1.46. The van der Waals surface area contributed by atoms with Crippen LogP contribution in [0.25, 0.3) is 0 Å². The van der Waals surface area contributed by atoms with Crippen molar-refractivity contribution < 1.29 is 20.1 Å². The zero-order chi connectivity index (χ0) is 13.5. The van der Waals surface area contributed by atoms with Crippen LogP contribution in [0.4, 0.5) is 0 Å². The second-order valence-corrected chi connectivity index (χ2v) is 4.31. The third kappa shape index (κ3) is 1.97. The molecule has 1 amide bonds. The lowest BCUT2D eigenvalue weighted by molar-refractivity contribution is -0.137. The predicted octanol–water partition coefficient (Wildman–Crippen LogP) is -3.77. The Balaban J connectivity index is 2.29. The SMILES string of the molecule is C[C@@H](O)[C@@H](O)[C@H]1CN=C2N=C(N)NC(=O)C2(O)N1. The molecule has 0 aromatic carbocycles. The molecule has 1 unspecified atom stereocenters. The highest BCUT2D eigenvalue weighted by molar-refractivity contribution is 6.21. The molecule has 7 N–H and O–H groups in total. The quantitative estimate of drug-likeness (QED) is 0.298. The van der Waals surface area contributed by atoms with Crippen molar-refractivity contribution in [2.45, 2.75) is 30.9 Å².